The highest BCUT2D eigenvalue weighted by atomic mass is 32.2. The summed E-state index contributed by atoms with van der Waals surface area (Å²) in [6.45, 7) is 0. The molecular formula is C16H10F4O4S. The lowest BCUT2D eigenvalue weighted by Gasteiger charge is -2.13. The van der Waals surface area contributed by atoms with Crippen molar-refractivity contribution in [2.24, 2.45) is 0 Å². The van der Waals surface area contributed by atoms with Crippen LogP contribution in [0.5, 0.6) is 5.75 Å². The van der Waals surface area contributed by atoms with Crippen molar-refractivity contribution in [1.29, 1.82) is 0 Å². The van der Waals surface area contributed by atoms with Crippen LogP contribution in [-0.4, -0.2) is 25.8 Å². The summed E-state index contributed by atoms with van der Waals surface area (Å²) in [5.41, 5.74) is -5.87. The van der Waals surface area contributed by atoms with Crippen LogP contribution in [0, 0.1) is 5.82 Å². The topological polar surface area (TPSA) is 60.4 Å². The van der Waals surface area contributed by atoms with Gasteiger partial charge in [0.1, 0.15) is 11.6 Å². The highest BCUT2D eigenvalue weighted by Gasteiger charge is 2.50. The molecule has 0 spiro atoms. The molecule has 3 rings (SSSR count). The van der Waals surface area contributed by atoms with Crippen molar-refractivity contribution in [2.45, 2.75) is 22.9 Å². The molecule has 2 aromatic rings. The third-order valence-electron chi connectivity index (χ3n) is 3.74. The van der Waals surface area contributed by atoms with E-state index in [9.17, 15) is 30.8 Å². The van der Waals surface area contributed by atoms with Crippen molar-refractivity contribution in [3.05, 3.63) is 59.4 Å². The summed E-state index contributed by atoms with van der Waals surface area (Å²) < 4.78 is 80.2. The van der Waals surface area contributed by atoms with Gasteiger partial charge in [0.25, 0.3) is 9.84 Å². The van der Waals surface area contributed by atoms with Gasteiger partial charge in [0, 0.05) is 12.0 Å². The Morgan fingerprint density at radius 2 is 1.68 bits per heavy atom. The average Bonchev–Trinajstić information content (AvgIpc) is 2.85. The van der Waals surface area contributed by atoms with Gasteiger partial charge in [-0.25, -0.2) is 12.8 Å². The monoisotopic (exact) mass is 374 g/mol. The van der Waals surface area contributed by atoms with E-state index in [0.717, 1.165) is 24.3 Å². The third kappa shape index (κ3) is 2.99. The second-order valence-corrected chi connectivity index (χ2v) is 7.28. The fourth-order valence-corrected chi connectivity index (χ4v) is 3.61. The van der Waals surface area contributed by atoms with Gasteiger partial charge in [-0.3, -0.25) is 4.79 Å². The van der Waals surface area contributed by atoms with Crippen LogP contribution < -0.4 is 4.74 Å². The van der Waals surface area contributed by atoms with Crippen molar-refractivity contribution >= 4 is 15.6 Å². The Labute approximate surface area is 140 Å². The molecule has 2 aromatic carbocycles. The van der Waals surface area contributed by atoms with Crippen LogP contribution in [0.15, 0.2) is 47.4 Å². The molecule has 1 unspecified atom stereocenters. The van der Waals surface area contributed by atoms with E-state index in [4.69, 9.17) is 4.74 Å². The summed E-state index contributed by atoms with van der Waals surface area (Å²) >= 11 is 0. The molecule has 132 valence electrons. The van der Waals surface area contributed by atoms with Gasteiger partial charge in [0.05, 0.1) is 4.90 Å². The van der Waals surface area contributed by atoms with E-state index in [-0.39, 0.29) is 17.7 Å². The van der Waals surface area contributed by atoms with Gasteiger partial charge >= 0.3 is 5.51 Å². The van der Waals surface area contributed by atoms with Crippen LogP contribution >= 0.6 is 0 Å². The molecular weight excluding hydrogens is 364 g/mol. The number of carbonyl (C=O) groups excluding carboxylic acids is 1. The molecule has 0 amide bonds. The zero-order valence-electron chi connectivity index (χ0n) is 12.4. The predicted octanol–water partition coefficient (Wildman–Crippen LogP) is 3.31. The Morgan fingerprint density at radius 3 is 2.28 bits per heavy atom. The molecule has 9 heteroatoms. The molecule has 1 atom stereocenters. The van der Waals surface area contributed by atoms with Crippen molar-refractivity contribution in [3.8, 4) is 5.75 Å². The molecule has 4 nitrogen and oxygen atoms in total. The molecule has 1 aliphatic carbocycles. The van der Waals surface area contributed by atoms with Crippen LogP contribution in [-0.2, 0) is 16.3 Å². The molecule has 0 N–H and O–H groups in total. The number of halogens is 4. The van der Waals surface area contributed by atoms with Crippen LogP contribution in [0.25, 0.3) is 0 Å². The zero-order valence-corrected chi connectivity index (χ0v) is 13.2. The second kappa shape index (κ2) is 5.83. The van der Waals surface area contributed by atoms with E-state index in [1.165, 1.54) is 18.2 Å². The van der Waals surface area contributed by atoms with E-state index in [1.54, 1.807) is 0 Å². The largest absolute Gasteiger partial charge is 0.501 e. The first kappa shape index (κ1) is 17.4. The first-order valence-electron chi connectivity index (χ1n) is 7.01. The number of rotatable bonds is 3. The molecule has 0 aromatic heterocycles. The molecule has 0 radical (unpaired) electrons. The average molecular weight is 374 g/mol. The fourth-order valence-electron chi connectivity index (χ4n) is 2.60. The van der Waals surface area contributed by atoms with Gasteiger partial charge in [-0.05, 0) is 35.9 Å². The zero-order chi connectivity index (χ0) is 18.4. The normalized spacial score (nSPS) is 17.4. The summed E-state index contributed by atoms with van der Waals surface area (Å²) in [6.07, 6.45) is -1.25. The lowest BCUT2D eigenvalue weighted by molar-refractivity contribution is -0.0436. The predicted molar refractivity (Wildman–Crippen MR) is 78.5 cm³/mol. The van der Waals surface area contributed by atoms with E-state index in [1.807, 2.05) is 0 Å². The maximum Gasteiger partial charge on any atom is 0.501 e. The number of carbonyl (C=O) groups is 1. The number of Topliss-reactive ketones (excluding diaryl/α,β-unsaturated/α-hetero) is 1. The summed E-state index contributed by atoms with van der Waals surface area (Å²) in [4.78, 5) is 11.4. The fraction of sp³-hybridized carbons (Fsp3) is 0.188. The number of fused-ring (bicyclic) bond motifs is 1. The standard InChI is InChI=1S/C16H10F4O4S/c17-10-4-6-11(7-5-10)24-12-8-9-2-1-3-13(14(9)15(12)21)25(22,23)16(18,19)20/h1-7,12H,8H2. The number of alkyl halides is 3. The van der Waals surface area contributed by atoms with Crippen LogP contribution in [0.4, 0.5) is 17.6 Å². The van der Waals surface area contributed by atoms with Crippen molar-refractivity contribution < 1.29 is 35.5 Å². The van der Waals surface area contributed by atoms with Crippen molar-refractivity contribution in [3.63, 3.8) is 0 Å². The molecule has 0 saturated heterocycles. The quantitative estimate of drug-likeness (QED) is 0.774. The lowest BCUT2D eigenvalue weighted by atomic mass is 10.1. The van der Waals surface area contributed by atoms with Gasteiger partial charge in [0.2, 0.25) is 5.78 Å². The van der Waals surface area contributed by atoms with Gasteiger partial charge in [0.15, 0.2) is 6.10 Å². The van der Waals surface area contributed by atoms with Crippen LogP contribution in [0.2, 0.25) is 0 Å². The van der Waals surface area contributed by atoms with Crippen molar-refractivity contribution in [1.82, 2.24) is 0 Å². The molecule has 0 heterocycles. The number of hydrogen-bond acceptors (Lipinski definition) is 4. The molecule has 0 aliphatic heterocycles. The maximum absolute atomic E-state index is 12.9. The second-order valence-electron chi connectivity index (χ2n) is 5.37. The Balaban J connectivity index is 1.97. The number of sulfone groups is 1. The first-order chi connectivity index (χ1) is 11.6. The van der Waals surface area contributed by atoms with Gasteiger partial charge < -0.3 is 4.74 Å². The minimum absolute atomic E-state index is 0.0766. The molecule has 25 heavy (non-hydrogen) atoms. The number of hydrogen-bond donors (Lipinski definition) is 0. The Bertz CT molecular complexity index is 934. The number of ketones is 1. The lowest BCUT2D eigenvalue weighted by Crippen LogP contribution is -2.27. The summed E-state index contributed by atoms with van der Waals surface area (Å²) in [5, 5.41) is 0. The minimum Gasteiger partial charge on any atom is -0.482 e. The van der Waals surface area contributed by atoms with Crippen LogP contribution in [0.1, 0.15) is 15.9 Å². The molecule has 0 bridgehead atoms. The Morgan fingerprint density at radius 1 is 1.04 bits per heavy atom. The highest BCUT2D eigenvalue weighted by Crippen LogP contribution is 2.37. The summed E-state index contributed by atoms with van der Waals surface area (Å²) in [6, 6.07) is 7.99. The first-order valence-corrected chi connectivity index (χ1v) is 8.49. The van der Waals surface area contributed by atoms with Gasteiger partial charge in [-0.1, -0.05) is 12.1 Å². The van der Waals surface area contributed by atoms with Gasteiger partial charge in [-0.15, -0.1) is 0 Å². The summed E-state index contributed by atoms with van der Waals surface area (Å²) in [5.74, 6) is -1.23. The summed E-state index contributed by atoms with van der Waals surface area (Å²) in [7, 11) is -5.66. The molecule has 1 aliphatic rings. The highest BCUT2D eigenvalue weighted by molar-refractivity contribution is 7.92. The van der Waals surface area contributed by atoms with Gasteiger partial charge in [-0.2, -0.15) is 13.2 Å². The Hall–Kier alpha value is -2.42. The molecule has 0 saturated carbocycles. The smallest absolute Gasteiger partial charge is 0.482 e. The minimum atomic E-state index is -5.66. The van der Waals surface area contributed by atoms with Crippen LogP contribution in [0.3, 0.4) is 0 Å². The molecule has 0 fully saturated rings. The maximum atomic E-state index is 12.9. The van der Waals surface area contributed by atoms with E-state index < -0.39 is 43.5 Å². The van der Waals surface area contributed by atoms with E-state index >= 15 is 0 Å². The number of benzene rings is 2. The SMILES string of the molecule is O=C1c2c(cccc2S(=O)(=O)C(F)(F)F)CC1Oc1ccc(F)cc1. The Kier molecular flexibility index (Phi) is 4.06. The third-order valence-corrected chi connectivity index (χ3v) is 5.27. The van der Waals surface area contributed by atoms with Crippen molar-refractivity contribution in [2.75, 3.05) is 0 Å². The van der Waals surface area contributed by atoms with E-state index in [2.05, 4.69) is 0 Å². The number of ether oxygens (including phenoxy) is 1. The van der Waals surface area contributed by atoms with E-state index in [0.29, 0.717) is 0 Å².